The highest BCUT2D eigenvalue weighted by atomic mass is 32.2. The SMILES string of the molecule is Nc1c(/N=N/c2ccc(S(=O)(=O)CCOSOOO)cc2)c(SOOO)cc2ccccc12. The zero-order valence-corrected chi connectivity index (χ0v) is 19.0. The van der Waals surface area contributed by atoms with Gasteiger partial charge in [-0.1, -0.05) is 34.3 Å². The topological polar surface area (TPSA) is 171 Å². The number of azo groups is 1. The summed E-state index contributed by atoms with van der Waals surface area (Å²) in [6, 6.07) is 14.8. The second-order valence-corrected chi connectivity index (χ2v) is 9.49. The van der Waals surface area contributed by atoms with Crippen LogP contribution in [0.2, 0.25) is 0 Å². The average Bonchev–Trinajstić information content (AvgIpc) is 2.82. The molecule has 0 aliphatic heterocycles. The second kappa shape index (κ2) is 12.2. The zero-order chi connectivity index (χ0) is 23.7. The number of sulfone groups is 1. The summed E-state index contributed by atoms with van der Waals surface area (Å²) >= 11 is 0.997. The number of nitrogens with zero attached hydrogens (tertiary/aromatic N) is 2. The molecule has 0 spiro atoms. The van der Waals surface area contributed by atoms with E-state index in [1.165, 1.54) is 24.3 Å². The maximum Gasteiger partial charge on any atom is 0.197 e. The zero-order valence-electron chi connectivity index (χ0n) is 16.6. The molecule has 0 bridgehead atoms. The van der Waals surface area contributed by atoms with Crippen molar-refractivity contribution in [1.29, 1.82) is 0 Å². The Morgan fingerprint density at radius 3 is 2.42 bits per heavy atom. The third kappa shape index (κ3) is 6.84. The van der Waals surface area contributed by atoms with Crippen LogP contribution in [0.25, 0.3) is 10.8 Å². The van der Waals surface area contributed by atoms with Gasteiger partial charge in [-0.05, 0) is 35.7 Å². The van der Waals surface area contributed by atoms with E-state index in [9.17, 15) is 8.42 Å². The number of anilines is 1. The Bertz CT molecular complexity index is 1210. The molecule has 12 nitrogen and oxygen atoms in total. The van der Waals surface area contributed by atoms with Crippen molar-refractivity contribution in [3.8, 4) is 0 Å². The van der Waals surface area contributed by atoms with Gasteiger partial charge >= 0.3 is 0 Å². The van der Waals surface area contributed by atoms with Crippen LogP contribution in [0.5, 0.6) is 0 Å². The monoisotopic (exact) mass is 515 g/mol. The lowest BCUT2D eigenvalue weighted by molar-refractivity contribution is -0.434. The van der Waals surface area contributed by atoms with Crippen LogP contribution < -0.4 is 5.73 Å². The van der Waals surface area contributed by atoms with E-state index in [0.29, 0.717) is 40.6 Å². The van der Waals surface area contributed by atoms with Crippen LogP contribution in [-0.2, 0) is 32.8 Å². The fourth-order valence-corrected chi connectivity index (χ4v) is 4.63. The number of fused-ring (bicyclic) bond motifs is 1. The van der Waals surface area contributed by atoms with E-state index in [-0.39, 0.29) is 22.9 Å². The first-order valence-electron chi connectivity index (χ1n) is 8.93. The number of benzene rings is 3. The highest BCUT2D eigenvalue weighted by Gasteiger charge is 2.15. The van der Waals surface area contributed by atoms with Gasteiger partial charge in [-0.15, -0.1) is 13.8 Å². The van der Waals surface area contributed by atoms with Gasteiger partial charge in [0.1, 0.15) is 5.69 Å². The molecule has 33 heavy (non-hydrogen) atoms. The van der Waals surface area contributed by atoms with Gasteiger partial charge in [-0.2, -0.15) is 5.11 Å². The van der Waals surface area contributed by atoms with Crippen molar-refractivity contribution in [2.24, 2.45) is 10.2 Å². The lowest BCUT2D eigenvalue weighted by Crippen LogP contribution is -2.10. The van der Waals surface area contributed by atoms with Crippen molar-refractivity contribution in [2.75, 3.05) is 18.1 Å². The molecule has 0 fully saturated rings. The molecule has 0 heterocycles. The first-order chi connectivity index (χ1) is 16.0. The Morgan fingerprint density at radius 2 is 1.70 bits per heavy atom. The van der Waals surface area contributed by atoms with Crippen molar-refractivity contribution in [3.63, 3.8) is 0 Å². The fraction of sp³-hybridized carbons (Fsp3) is 0.111. The molecule has 0 aromatic heterocycles. The Balaban J connectivity index is 1.79. The van der Waals surface area contributed by atoms with E-state index >= 15 is 0 Å². The van der Waals surface area contributed by atoms with Crippen molar-refractivity contribution in [3.05, 3.63) is 54.6 Å². The Hall–Kier alpha value is -2.31. The molecular formula is C18H17N3O9S3. The Kier molecular flexibility index (Phi) is 9.39. The number of nitrogen functional groups attached to an aromatic ring is 1. The molecule has 176 valence electrons. The van der Waals surface area contributed by atoms with Crippen LogP contribution in [-0.4, -0.2) is 31.3 Å². The Morgan fingerprint density at radius 1 is 0.970 bits per heavy atom. The van der Waals surface area contributed by atoms with Crippen LogP contribution >= 0.6 is 24.4 Å². The number of hydrogen-bond acceptors (Lipinski definition) is 14. The van der Waals surface area contributed by atoms with E-state index in [1.807, 2.05) is 24.3 Å². The molecule has 4 N–H and O–H groups in total. The summed E-state index contributed by atoms with van der Waals surface area (Å²) in [5.74, 6) is -0.323. The predicted molar refractivity (Wildman–Crippen MR) is 120 cm³/mol. The van der Waals surface area contributed by atoms with Crippen molar-refractivity contribution >= 4 is 62.0 Å². The molecule has 0 aliphatic carbocycles. The van der Waals surface area contributed by atoms with Crippen LogP contribution in [0, 0.1) is 0 Å². The number of nitrogens with two attached hydrogens (primary N) is 1. The summed E-state index contributed by atoms with van der Waals surface area (Å²) in [6.07, 6.45) is 0. The lowest BCUT2D eigenvalue weighted by atomic mass is 10.1. The predicted octanol–water partition coefficient (Wildman–Crippen LogP) is 5.04. The summed E-state index contributed by atoms with van der Waals surface area (Å²) in [5, 5.41) is 33.3. The minimum atomic E-state index is -3.63. The molecule has 3 rings (SSSR count). The van der Waals surface area contributed by atoms with E-state index in [4.69, 9.17) is 20.4 Å². The molecule has 0 amide bonds. The largest absolute Gasteiger partial charge is 0.396 e. The van der Waals surface area contributed by atoms with E-state index in [0.717, 1.165) is 10.8 Å². The average molecular weight is 516 g/mol. The van der Waals surface area contributed by atoms with E-state index < -0.39 is 9.84 Å². The fourth-order valence-electron chi connectivity index (χ4n) is 2.71. The molecule has 3 aromatic rings. The van der Waals surface area contributed by atoms with Gasteiger partial charge in [0.05, 0.1) is 45.6 Å². The summed E-state index contributed by atoms with van der Waals surface area (Å²) < 4.78 is 38.0. The van der Waals surface area contributed by atoms with Crippen LogP contribution in [0.4, 0.5) is 17.1 Å². The summed E-state index contributed by atoms with van der Waals surface area (Å²) in [4.78, 5) is 0.501. The third-order valence-electron chi connectivity index (χ3n) is 4.18. The molecule has 15 heteroatoms. The van der Waals surface area contributed by atoms with Gasteiger partial charge in [0.25, 0.3) is 0 Å². The minimum absolute atomic E-state index is 0.0596. The van der Waals surface area contributed by atoms with Crippen molar-refractivity contribution < 1.29 is 41.9 Å². The van der Waals surface area contributed by atoms with Gasteiger partial charge < -0.3 is 5.73 Å². The van der Waals surface area contributed by atoms with Crippen LogP contribution in [0.15, 0.2) is 74.6 Å². The highest BCUT2D eigenvalue weighted by molar-refractivity contribution is 7.94. The van der Waals surface area contributed by atoms with Gasteiger partial charge in [0.2, 0.25) is 0 Å². The van der Waals surface area contributed by atoms with Gasteiger partial charge in [-0.25, -0.2) is 18.9 Å². The highest BCUT2D eigenvalue weighted by Crippen LogP contribution is 2.41. The third-order valence-corrected chi connectivity index (χ3v) is 6.88. The lowest BCUT2D eigenvalue weighted by Gasteiger charge is -2.09. The summed E-state index contributed by atoms with van der Waals surface area (Å²) in [5.41, 5.74) is 7.27. The molecular weight excluding hydrogens is 498 g/mol. The summed E-state index contributed by atoms with van der Waals surface area (Å²) in [7, 11) is -3.63. The van der Waals surface area contributed by atoms with Gasteiger partial charge in [0.15, 0.2) is 22.2 Å². The molecule has 3 aromatic carbocycles. The number of hydrogen-bond donors (Lipinski definition) is 3. The maximum absolute atomic E-state index is 12.3. The summed E-state index contributed by atoms with van der Waals surface area (Å²) in [6.45, 7) is -0.195. The molecule has 0 unspecified atom stereocenters. The molecule has 0 saturated carbocycles. The quantitative estimate of drug-likeness (QED) is 0.0733. The van der Waals surface area contributed by atoms with Crippen molar-refractivity contribution in [2.45, 2.75) is 9.79 Å². The molecule has 0 aliphatic rings. The first kappa shape index (κ1) is 25.3. The molecule has 0 atom stereocenters. The first-order valence-corrected chi connectivity index (χ1v) is 12.0. The minimum Gasteiger partial charge on any atom is -0.396 e. The van der Waals surface area contributed by atoms with Gasteiger partial charge in [0, 0.05) is 5.39 Å². The molecule has 0 saturated heterocycles. The van der Waals surface area contributed by atoms with E-state index in [1.54, 1.807) is 6.07 Å². The smallest absolute Gasteiger partial charge is 0.197 e. The maximum atomic E-state index is 12.3. The Labute approximate surface area is 196 Å². The standard InChI is InChI=1S/C18H17N3O9S3/c19-17-15-4-2-1-3-12(15)11-16(31-29-27-22)18(17)21-20-13-5-7-14(8-6-13)33(24,25)10-9-26-32-30-28-23/h1-8,11,22-23H,9-10,19H2/b21-20+. The normalized spacial score (nSPS) is 12.1. The molecule has 0 radical (unpaired) electrons. The van der Waals surface area contributed by atoms with Crippen molar-refractivity contribution in [1.82, 2.24) is 0 Å². The van der Waals surface area contributed by atoms with Crippen LogP contribution in [0.3, 0.4) is 0 Å². The van der Waals surface area contributed by atoms with Gasteiger partial charge in [-0.3, -0.25) is 4.18 Å². The number of rotatable bonds is 12. The van der Waals surface area contributed by atoms with Crippen LogP contribution in [0.1, 0.15) is 0 Å². The van der Waals surface area contributed by atoms with E-state index in [2.05, 4.69) is 29.0 Å². The second-order valence-electron chi connectivity index (χ2n) is 6.13.